The zero-order valence-electron chi connectivity index (χ0n) is 14.1. The molecule has 24 heavy (non-hydrogen) atoms. The predicted molar refractivity (Wildman–Crippen MR) is 97.7 cm³/mol. The lowest BCUT2D eigenvalue weighted by molar-refractivity contribution is -0.384. The van der Waals surface area contributed by atoms with Crippen LogP contribution in [0.1, 0.15) is 27.7 Å². The van der Waals surface area contributed by atoms with Crippen LogP contribution in [-0.2, 0) is 4.79 Å². The van der Waals surface area contributed by atoms with Crippen molar-refractivity contribution >= 4 is 34.6 Å². The van der Waals surface area contributed by atoms with E-state index in [1.807, 2.05) is 13.8 Å². The van der Waals surface area contributed by atoms with Crippen LogP contribution in [0.4, 0.5) is 11.4 Å². The van der Waals surface area contributed by atoms with E-state index in [1.165, 1.54) is 17.7 Å². The first-order valence-corrected chi connectivity index (χ1v) is 8.05. The SMILES string of the molecule is CC(C)=CC1C(C(=O)NC(=S)Nc2ccc([N+](=O)[O-])cc2)C1(C)C. The second-order valence-electron chi connectivity index (χ2n) is 6.82. The van der Waals surface area contributed by atoms with Crippen molar-refractivity contribution in [3.8, 4) is 0 Å². The van der Waals surface area contributed by atoms with Gasteiger partial charge in [-0.15, -0.1) is 0 Å². The molecular formula is C17H21N3O3S. The highest BCUT2D eigenvalue weighted by molar-refractivity contribution is 7.80. The van der Waals surface area contributed by atoms with E-state index in [0.717, 1.165) is 0 Å². The number of nitrogens with zero attached hydrogens (tertiary/aromatic N) is 1. The van der Waals surface area contributed by atoms with Crippen molar-refractivity contribution < 1.29 is 9.72 Å². The first-order valence-electron chi connectivity index (χ1n) is 7.64. The fraction of sp³-hybridized carbons (Fsp3) is 0.412. The second-order valence-corrected chi connectivity index (χ2v) is 7.22. The van der Waals surface area contributed by atoms with Gasteiger partial charge in [-0.3, -0.25) is 14.9 Å². The Labute approximate surface area is 146 Å². The van der Waals surface area contributed by atoms with Gasteiger partial charge in [0.1, 0.15) is 0 Å². The maximum absolute atomic E-state index is 12.4. The number of nitro groups is 1. The van der Waals surface area contributed by atoms with Crippen LogP contribution >= 0.6 is 12.2 Å². The van der Waals surface area contributed by atoms with Gasteiger partial charge in [-0.1, -0.05) is 25.5 Å². The lowest BCUT2D eigenvalue weighted by Gasteiger charge is -2.10. The first-order chi connectivity index (χ1) is 11.1. The molecule has 1 aromatic rings. The molecule has 1 amide bonds. The van der Waals surface area contributed by atoms with E-state index in [9.17, 15) is 14.9 Å². The Bertz CT molecular complexity index is 706. The number of carbonyl (C=O) groups excluding carboxylic acids is 1. The monoisotopic (exact) mass is 347 g/mol. The Kier molecular flexibility index (Phi) is 5.03. The summed E-state index contributed by atoms with van der Waals surface area (Å²) in [4.78, 5) is 22.6. The highest BCUT2D eigenvalue weighted by Gasteiger charge is 2.60. The number of carbonyl (C=O) groups is 1. The molecule has 2 atom stereocenters. The van der Waals surface area contributed by atoms with Crippen LogP contribution in [0.25, 0.3) is 0 Å². The Morgan fingerprint density at radius 3 is 2.38 bits per heavy atom. The third kappa shape index (κ3) is 3.97. The van der Waals surface area contributed by atoms with Gasteiger partial charge in [0.15, 0.2) is 5.11 Å². The third-order valence-corrected chi connectivity index (χ3v) is 4.48. The fourth-order valence-corrected chi connectivity index (χ4v) is 3.09. The molecule has 0 saturated heterocycles. The summed E-state index contributed by atoms with van der Waals surface area (Å²) in [5.74, 6) is -0.00408. The van der Waals surface area contributed by atoms with Crippen LogP contribution in [0.5, 0.6) is 0 Å². The van der Waals surface area contributed by atoms with Crippen molar-refractivity contribution in [3.63, 3.8) is 0 Å². The predicted octanol–water partition coefficient (Wildman–Crippen LogP) is 3.65. The highest BCUT2D eigenvalue weighted by atomic mass is 32.1. The number of benzene rings is 1. The zero-order valence-corrected chi connectivity index (χ0v) is 14.9. The van der Waals surface area contributed by atoms with E-state index in [1.54, 1.807) is 12.1 Å². The van der Waals surface area contributed by atoms with E-state index in [2.05, 4.69) is 30.6 Å². The van der Waals surface area contributed by atoms with Crippen LogP contribution < -0.4 is 10.6 Å². The average Bonchev–Trinajstić information content (AvgIpc) is 2.99. The number of non-ortho nitro benzene ring substituents is 1. The summed E-state index contributed by atoms with van der Waals surface area (Å²) in [6.07, 6.45) is 2.12. The Hall–Kier alpha value is -2.28. The molecular weight excluding hydrogens is 326 g/mol. The third-order valence-electron chi connectivity index (χ3n) is 4.28. The second kappa shape index (κ2) is 6.68. The summed E-state index contributed by atoms with van der Waals surface area (Å²) in [5, 5.41) is 16.4. The molecule has 1 saturated carbocycles. The largest absolute Gasteiger partial charge is 0.332 e. The van der Waals surface area contributed by atoms with Gasteiger partial charge in [0.05, 0.1) is 10.8 Å². The number of allylic oxidation sites excluding steroid dienone is 2. The summed E-state index contributed by atoms with van der Waals surface area (Å²) >= 11 is 5.15. The van der Waals surface area contributed by atoms with Crippen LogP contribution in [0.3, 0.4) is 0 Å². The molecule has 2 unspecified atom stereocenters. The molecule has 1 aromatic carbocycles. The van der Waals surface area contributed by atoms with Gasteiger partial charge in [0.2, 0.25) is 5.91 Å². The smallest absolute Gasteiger partial charge is 0.269 e. The molecule has 2 N–H and O–H groups in total. The summed E-state index contributed by atoms with van der Waals surface area (Å²) in [6.45, 7) is 8.16. The van der Waals surface area contributed by atoms with Crippen molar-refractivity contribution in [2.75, 3.05) is 5.32 Å². The van der Waals surface area contributed by atoms with Crippen LogP contribution in [0, 0.1) is 27.4 Å². The number of nitrogens with one attached hydrogen (secondary N) is 2. The van der Waals surface area contributed by atoms with Crippen molar-refractivity contribution in [2.24, 2.45) is 17.3 Å². The van der Waals surface area contributed by atoms with E-state index in [-0.39, 0.29) is 34.0 Å². The number of anilines is 1. The molecule has 2 rings (SSSR count). The number of amides is 1. The summed E-state index contributed by atoms with van der Waals surface area (Å²) in [7, 11) is 0. The van der Waals surface area contributed by atoms with E-state index in [0.29, 0.717) is 5.69 Å². The molecule has 0 radical (unpaired) electrons. The number of hydrogen-bond acceptors (Lipinski definition) is 4. The van der Waals surface area contributed by atoms with E-state index in [4.69, 9.17) is 12.2 Å². The van der Waals surface area contributed by atoms with E-state index < -0.39 is 4.92 Å². The van der Waals surface area contributed by atoms with Crippen LogP contribution in [0.15, 0.2) is 35.9 Å². The summed E-state index contributed by atoms with van der Waals surface area (Å²) < 4.78 is 0. The van der Waals surface area contributed by atoms with Crippen molar-refractivity contribution in [2.45, 2.75) is 27.7 Å². The first kappa shape index (κ1) is 18.1. The van der Waals surface area contributed by atoms with Gasteiger partial charge in [0, 0.05) is 17.8 Å². The Morgan fingerprint density at radius 1 is 1.29 bits per heavy atom. The number of rotatable bonds is 4. The average molecular weight is 347 g/mol. The minimum Gasteiger partial charge on any atom is -0.332 e. The minimum absolute atomic E-state index is 0.000187. The van der Waals surface area contributed by atoms with Gasteiger partial charge in [-0.2, -0.15) is 0 Å². The van der Waals surface area contributed by atoms with Crippen LogP contribution in [-0.4, -0.2) is 15.9 Å². The molecule has 1 aliphatic rings. The van der Waals surface area contributed by atoms with E-state index >= 15 is 0 Å². The maximum Gasteiger partial charge on any atom is 0.269 e. The molecule has 128 valence electrons. The zero-order chi connectivity index (χ0) is 18.1. The number of nitro benzene ring substituents is 1. The van der Waals surface area contributed by atoms with Gasteiger partial charge < -0.3 is 10.6 Å². The normalized spacial score (nSPS) is 20.7. The van der Waals surface area contributed by atoms with Gasteiger partial charge >= 0.3 is 0 Å². The van der Waals surface area contributed by atoms with Crippen molar-refractivity contribution in [1.82, 2.24) is 5.32 Å². The molecule has 7 heteroatoms. The molecule has 0 heterocycles. The fourth-order valence-electron chi connectivity index (χ4n) is 2.87. The van der Waals surface area contributed by atoms with Crippen molar-refractivity contribution in [1.29, 1.82) is 0 Å². The molecule has 0 aliphatic heterocycles. The standard InChI is InChI=1S/C17H21N3O3S/c1-10(2)9-13-14(17(13,3)4)15(21)19-16(24)18-11-5-7-12(8-6-11)20(22)23/h5-9,13-14H,1-4H3,(H2,18,19,21,24). The molecule has 1 fully saturated rings. The van der Waals surface area contributed by atoms with Crippen LogP contribution in [0.2, 0.25) is 0 Å². The number of thiocarbonyl (C=S) groups is 1. The molecule has 0 spiro atoms. The maximum atomic E-state index is 12.4. The Balaban J connectivity index is 1.94. The molecule has 6 nitrogen and oxygen atoms in total. The molecule has 1 aliphatic carbocycles. The van der Waals surface area contributed by atoms with Crippen molar-refractivity contribution in [3.05, 3.63) is 46.0 Å². The van der Waals surface area contributed by atoms with Gasteiger partial charge in [0.25, 0.3) is 5.69 Å². The highest BCUT2D eigenvalue weighted by Crippen LogP contribution is 2.59. The number of hydrogen-bond donors (Lipinski definition) is 2. The lowest BCUT2D eigenvalue weighted by atomic mass is 10.1. The summed E-state index contributed by atoms with van der Waals surface area (Å²) in [5.41, 5.74) is 1.70. The molecule has 0 aromatic heterocycles. The topological polar surface area (TPSA) is 84.3 Å². The summed E-state index contributed by atoms with van der Waals surface area (Å²) in [6, 6.07) is 5.84. The van der Waals surface area contributed by atoms with Gasteiger partial charge in [-0.05, 0) is 49.5 Å². The lowest BCUT2D eigenvalue weighted by Crippen LogP contribution is -2.36. The molecule has 0 bridgehead atoms. The quantitative estimate of drug-likeness (QED) is 0.376. The van der Waals surface area contributed by atoms with Gasteiger partial charge in [-0.25, -0.2) is 0 Å². The Morgan fingerprint density at radius 2 is 1.88 bits per heavy atom. The minimum atomic E-state index is -0.470.